The zero-order valence-corrected chi connectivity index (χ0v) is 32.5. The van der Waals surface area contributed by atoms with Crippen LogP contribution in [-0.2, 0) is 42.4 Å². The fraction of sp³-hybridized carbons (Fsp3) is 0.525. The predicted octanol–water partition coefficient (Wildman–Crippen LogP) is 4.72. The third-order valence-corrected chi connectivity index (χ3v) is 12.9. The normalized spacial score (nSPS) is 11.8. The minimum atomic E-state index is -2.54. The number of amides is 1. The van der Waals surface area contributed by atoms with Crippen LogP contribution in [0.1, 0.15) is 27.7 Å². The number of carbonyl (C=O) groups excluding carboxylic acids is 1. The van der Waals surface area contributed by atoms with Crippen LogP contribution in [0, 0.1) is 0 Å². The predicted molar refractivity (Wildman–Crippen MR) is 206 cm³/mol. The third kappa shape index (κ3) is 16.7. The molecular formula is C40H59NO10Si. The number of nitrogens with one attached hydrogen (secondary N) is 1. The number of carbonyl (C=O) groups is 1. The first-order chi connectivity index (χ1) is 25.3. The number of ether oxygens (including phenoxy) is 8. The Kier molecular flexibility index (Phi) is 21.4. The first-order valence-corrected chi connectivity index (χ1v) is 20.0. The maximum absolute atomic E-state index is 11.1. The van der Waals surface area contributed by atoms with Crippen molar-refractivity contribution in [2.75, 3.05) is 111 Å². The third-order valence-electron chi connectivity index (χ3n) is 7.87. The first-order valence-electron chi connectivity index (χ1n) is 18.1. The molecule has 0 atom stereocenters. The molecule has 0 aromatic heterocycles. The lowest BCUT2D eigenvalue weighted by atomic mass is 10.2. The lowest BCUT2D eigenvalue weighted by Gasteiger charge is -2.43. The van der Waals surface area contributed by atoms with Crippen LogP contribution in [0.2, 0.25) is 5.04 Å². The van der Waals surface area contributed by atoms with E-state index in [1.807, 2.05) is 0 Å². The van der Waals surface area contributed by atoms with Gasteiger partial charge in [-0.2, -0.15) is 0 Å². The van der Waals surface area contributed by atoms with Crippen LogP contribution in [-0.4, -0.2) is 120 Å². The average Bonchev–Trinajstić information content (AvgIpc) is 3.14. The number of rotatable bonds is 29. The molecule has 0 heterocycles. The molecule has 12 heteroatoms. The summed E-state index contributed by atoms with van der Waals surface area (Å²) in [6.45, 7) is 16.1. The van der Waals surface area contributed by atoms with Crippen LogP contribution in [0.3, 0.4) is 0 Å². The van der Waals surface area contributed by atoms with E-state index >= 15 is 0 Å². The zero-order chi connectivity index (χ0) is 37.2. The molecule has 3 aromatic carbocycles. The largest absolute Gasteiger partial charge is 0.491 e. The molecule has 0 saturated carbocycles. The van der Waals surface area contributed by atoms with Crippen molar-refractivity contribution >= 4 is 30.3 Å². The second kappa shape index (κ2) is 25.7. The van der Waals surface area contributed by atoms with Gasteiger partial charge in [0.05, 0.1) is 99.1 Å². The molecule has 0 aliphatic heterocycles. The van der Waals surface area contributed by atoms with Crippen LogP contribution >= 0.6 is 0 Å². The van der Waals surface area contributed by atoms with Gasteiger partial charge in [-0.15, -0.1) is 0 Å². The molecule has 1 amide bonds. The molecular weight excluding hydrogens is 683 g/mol. The van der Waals surface area contributed by atoms with Crippen LogP contribution in [0.25, 0.3) is 0 Å². The minimum Gasteiger partial charge on any atom is -0.491 e. The monoisotopic (exact) mass is 741 g/mol. The molecule has 0 saturated heterocycles. The Labute approximate surface area is 311 Å². The van der Waals surface area contributed by atoms with Gasteiger partial charge in [0, 0.05) is 12.6 Å². The molecule has 288 valence electrons. The van der Waals surface area contributed by atoms with E-state index in [2.05, 4.69) is 86.8 Å². The molecule has 3 rings (SSSR count). The van der Waals surface area contributed by atoms with E-state index in [4.69, 9.17) is 42.3 Å². The van der Waals surface area contributed by atoms with E-state index < -0.39 is 8.32 Å². The van der Waals surface area contributed by atoms with Crippen molar-refractivity contribution in [2.45, 2.75) is 32.7 Å². The number of anilines is 1. The molecule has 0 radical (unpaired) electrons. The van der Waals surface area contributed by atoms with Gasteiger partial charge in [-0.3, -0.25) is 4.79 Å². The Balaban J connectivity index is 1.07. The van der Waals surface area contributed by atoms with Crippen molar-refractivity contribution in [3.8, 4) is 5.75 Å². The lowest BCUT2D eigenvalue weighted by Crippen LogP contribution is -2.66. The van der Waals surface area contributed by atoms with Crippen molar-refractivity contribution in [3.63, 3.8) is 0 Å². The van der Waals surface area contributed by atoms with Crippen molar-refractivity contribution in [1.82, 2.24) is 0 Å². The highest BCUT2D eigenvalue weighted by Gasteiger charge is 2.50. The summed E-state index contributed by atoms with van der Waals surface area (Å²) in [7, 11) is -2.54. The maximum atomic E-state index is 11.1. The molecule has 0 spiro atoms. The highest BCUT2D eigenvalue weighted by molar-refractivity contribution is 6.99. The van der Waals surface area contributed by atoms with E-state index in [1.54, 1.807) is 24.3 Å². The minimum absolute atomic E-state index is 0.0588. The summed E-state index contributed by atoms with van der Waals surface area (Å²) in [6.07, 6.45) is 0. The second-order valence-electron chi connectivity index (χ2n) is 12.9. The topological polar surface area (TPSA) is 112 Å². The Morgan fingerprint density at radius 3 is 1.19 bits per heavy atom. The first kappa shape index (κ1) is 43.2. The average molecular weight is 742 g/mol. The Hall–Kier alpha value is -3.17. The van der Waals surface area contributed by atoms with Gasteiger partial charge >= 0.3 is 0 Å². The SMILES string of the molecule is CC(=O)Nc1ccc(OCCOCCOCCOCCOCCOCCOCCOCCO[Si](c2ccccc2)(c2ccccc2)C(C)(C)C)cc1. The maximum Gasteiger partial charge on any atom is 0.261 e. The second-order valence-corrected chi connectivity index (χ2v) is 17.2. The zero-order valence-electron chi connectivity index (χ0n) is 31.5. The standard InChI is InChI=1S/C40H59NO10Si/c1-35(42)41-36-15-17-37(18-16-36)50-33-31-48-29-27-46-25-23-44-21-19-43-20-22-45-24-26-47-28-30-49-32-34-51-52(40(2,3)4,38-11-7-5-8-12-38)39-13-9-6-10-14-39/h5-18H,19-34H2,1-4H3,(H,41,42). The van der Waals surface area contributed by atoms with Gasteiger partial charge in [-0.1, -0.05) is 81.4 Å². The Bertz CT molecular complexity index is 1290. The molecule has 3 aromatic rings. The van der Waals surface area contributed by atoms with Gasteiger partial charge in [0.2, 0.25) is 5.91 Å². The fourth-order valence-electron chi connectivity index (χ4n) is 5.49. The fourth-order valence-corrected chi connectivity index (χ4v) is 10.0. The molecule has 0 unspecified atom stereocenters. The Morgan fingerprint density at radius 1 is 0.500 bits per heavy atom. The van der Waals surface area contributed by atoms with Gasteiger partial charge < -0.3 is 47.6 Å². The van der Waals surface area contributed by atoms with Crippen molar-refractivity contribution in [3.05, 3.63) is 84.9 Å². The summed E-state index contributed by atoms with van der Waals surface area (Å²) in [5.41, 5.74) is 0.733. The van der Waals surface area contributed by atoms with Crippen LogP contribution in [0.4, 0.5) is 5.69 Å². The van der Waals surface area contributed by atoms with Gasteiger partial charge in [-0.25, -0.2) is 0 Å². The number of benzene rings is 3. The van der Waals surface area contributed by atoms with Crippen molar-refractivity contribution in [2.24, 2.45) is 0 Å². The van der Waals surface area contributed by atoms with Gasteiger partial charge in [-0.05, 0) is 39.7 Å². The summed E-state index contributed by atoms with van der Waals surface area (Å²) < 4.78 is 51.6. The molecule has 0 aliphatic rings. The van der Waals surface area contributed by atoms with Crippen molar-refractivity contribution in [1.29, 1.82) is 0 Å². The Morgan fingerprint density at radius 2 is 0.846 bits per heavy atom. The summed E-state index contributed by atoms with van der Waals surface area (Å²) in [6, 6.07) is 28.5. The number of hydrogen-bond acceptors (Lipinski definition) is 10. The summed E-state index contributed by atoms with van der Waals surface area (Å²) in [5.74, 6) is 0.612. The van der Waals surface area contributed by atoms with Gasteiger partial charge in [0.25, 0.3) is 8.32 Å². The molecule has 0 aliphatic carbocycles. The van der Waals surface area contributed by atoms with Gasteiger partial charge in [0.15, 0.2) is 0 Å². The van der Waals surface area contributed by atoms with Crippen LogP contribution in [0.5, 0.6) is 5.75 Å². The van der Waals surface area contributed by atoms with E-state index in [1.165, 1.54) is 17.3 Å². The van der Waals surface area contributed by atoms with E-state index in [9.17, 15) is 4.79 Å². The van der Waals surface area contributed by atoms with Crippen molar-refractivity contribution < 1.29 is 47.1 Å². The molecule has 52 heavy (non-hydrogen) atoms. The van der Waals surface area contributed by atoms with Crippen LogP contribution in [0.15, 0.2) is 84.9 Å². The molecule has 11 nitrogen and oxygen atoms in total. The summed E-state index contributed by atoms with van der Waals surface area (Å²) >= 11 is 0. The highest BCUT2D eigenvalue weighted by atomic mass is 28.4. The highest BCUT2D eigenvalue weighted by Crippen LogP contribution is 2.36. The van der Waals surface area contributed by atoms with Gasteiger partial charge in [0.1, 0.15) is 12.4 Å². The van der Waals surface area contributed by atoms with E-state index in [0.29, 0.717) is 106 Å². The lowest BCUT2D eigenvalue weighted by molar-refractivity contribution is -0.114. The summed E-state index contributed by atoms with van der Waals surface area (Å²) in [4.78, 5) is 11.1. The molecule has 0 bridgehead atoms. The van der Waals surface area contributed by atoms with E-state index in [-0.39, 0.29) is 10.9 Å². The summed E-state index contributed by atoms with van der Waals surface area (Å²) in [5, 5.41) is 5.19. The smallest absolute Gasteiger partial charge is 0.261 e. The molecule has 1 N–H and O–H groups in total. The van der Waals surface area contributed by atoms with Crippen LogP contribution < -0.4 is 20.4 Å². The number of hydrogen-bond donors (Lipinski definition) is 1. The quantitative estimate of drug-likeness (QED) is 0.0793. The molecule has 0 fully saturated rings. The van der Waals surface area contributed by atoms with E-state index in [0.717, 1.165) is 11.4 Å².